The fourth-order valence-electron chi connectivity index (χ4n) is 8.12. The minimum absolute atomic E-state index is 0.0728. The van der Waals surface area contributed by atoms with Crippen molar-refractivity contribution in [2.24, 2.45) is 0 Å². The van der Waals surface area contributed by atoms with Gasteiger partial charge in [0.05, 0.1) is 0 Å². The van der Waals surface area contributed by atoms with Gasteiger partial charge in [-0.1, -0.05) is 237 Å². The van der Waals surface area contributed by atoms with E-state index in [-0.39, 0.29) is 31.1 Å². The summed E-state index contributed by atoms with van der Waals surface area (Å²) in [5, 5.41) is 0. The normalized spacial score (nSPS) is 12.2. The number of hydrogen-bond donors (Lipinski definition) is 0. The summed E-state index contributed by atoms with van der Waals surface area (Å²) < 4.78 is 16.7. The van der Waals surface area contributed by atoms with Crippen molar-refractivity contribution in [1.82, 2.24) is 0 Å². The molecule has 0 saturated heterocycles. The predicted octanol–water partition coefficient (Wildman–Crippen LogP) is 18.5. The predicted molar refractivity (Wildman–Crippen MR) is 275 cm³/mol. The average Bonchev–Trinajstić information content (AvgIpc) is 3.29. The van der Waals surface area contributed by atoms with E-state index in [4.69, 9.17) is 14.2 Å². The largest absolute Gasteiger partial charge is 0.462 e. The van der Waals surface area contributed by atoms with Gasteiger partial charge >= 0.3 is 17.9 Å². The molecule has 0 bridgehead atoms. The van der Waals surface area contributed by atoms with Crippen LogP contribution in [0.4, 0.5) is 0 Å². The molecule has 0 aromatic carbocycles. The van der Waals surface area contributed by atoms with E-state index in [1.807, 2.05) is 0 Å². The minimum atomic E-state index is -0.770. The fraction of sp³-hybridized carbons (Fsp3) is 0.845. The van der Waals surface area contributed by atoms with Gasteiger partial charge in [0.1, 0.15) is 13.2 Å². The maximum atomic E-state index is 12.7. The Bertz CT molecular complexity index is 1080. The molecule has 0 radical (unpaired) electrons. The van der Waals surface area contributed by atoms with Crippen molar-refractivity contribution in [3.8, 4) is 0 Å². The zero-order chi connectivity index (χ0) is 46.5. The van der Waals surface area contributed by atoms with E-state index in [1.54, 1.807) is 0 Å². The summed E-state index contributed by atoms with van der Waals surface area (Å²) in [7, 11) is 0. The molecule has 0 rings (SSSR count). The SMILES string of the molecule is CCCCCC/C=C\CCCCCCCC(=O)OC(COC(=O)CCCCCCCC)COC(=O)CCCCCCCCCCCCCCCCC/C=C\C/C=C\CCCCCCC. The maximum absolute atomic E-state index is 12.7. The number of rotatable bonds is 51. The van der Waals surface area contributed by atoms with Crippen LogP contribution in [0.25, 0.3) is 0 Å². The highest BCUT2D eigenvalue weighted by Gasteiger charge is 2.19. The first-order chi connectivity index (χ1) is 31.5. The topological polar surface area (TPSA) is 78.9 Å². The van der Waals surface area contributed by atoms with E-state index in [1.165, 1.54) is 186 Å². The molecule has 6 heteroatoms. The van der Waals surface area contributed by atoms with Crippen LogP contribution in [0.1, 0.15) is 297 Å². The number of allylic oxidation sites excluding steroid dienone is 6. The monoisotopic (exact) mass is 899 g/mol. The lowest BCUT2D eigenvalue weighted by Crippen LogP contribution is -2.30. The highest BCUT2D eigenvalue weighted by Crippen LogP contribution is 2.16. The van der Waals surface area contributed by atoms with Crippen LogP contribution in [0.15, 0.2) is 36.5 Å². The van der Waals surface area contributed by atoms with Gasteiger partial charge in [0.25, 0.3) is 0 Å². The molecule has 0 aliphatic heterocycles. The van der Waals surface area contributed by atoms with Gasteiger partial charge in [0, 0.05) is 19.3 Å². The number of ether oxygens (including phenoxy) is 3. The highest BCUT2D eigenvalue weighted by atomic mass is 16.6. The van der Waals surface area contributed by atoms with E-state index in [0.717, 1.165) is 70.6 Å². The lowest BCUT2D eigenvalue weighted by molar-refractivity contribution is -0.167. The van der Waals surface area contributed by atoms with Crippen molar-refractivity contribution in [1.29, 1.82) is 0 Å². The van der Waals surface area contributed by atoms with Gasteiger partial charge in [-0.2, -0.15) is 0 Å². The van der Waals surface area contributed by atoms with Crippen molar-refractivity contribution in [2.45, 2.75) is 303 Å². The molecule has 0 N–H and O–H groups in total. The molecule has 1 unspecified atom stereocenters. The first-order valence-corrected chi connectivity index (χ1v) is 28.0. The minimum Gasteiger partial charge on any atom is -0.462 e. The highest BCUT2D eigenvalue weighted by molar-refractivity contribution is 5.71. The zero-order valence-corrected chi connectivity index (χ0v) is 42.8. The summed E-state index contributed by atoms with van der Waals surface area (Å²) in [4.78, 5) is 37.8. The van der Waals surface area contributed by atoms with Gasteiger partial charge in [-0.05, 0) is 77.0 Å². The first-order valence-electron chi connectivity index (χ1n) is 28.0. The molecule has 0 amide bonds. The Labute approximate surface area is 397 Å². The molecule has 0 aliphatic rings. The average molecular weight is 899 g/mol. The molecule has 0 saturated carbocycles. The molecular formula is C58H106O6. The summed E-state index contributed by atoms with van der Waals surface area (Å²) in [6.45, 7) is 6.57. The van der Waals surface area contributed by atoms with Crippen LogP contribution >= 0.6 is 0 Å². The van der Waals surface area contributed by atoms with Gasteiger partial charge in [0.15, 0.2) is 6.10 Å². The number of hydrogen-bond acceptors (Lipinski definition) is 6. The third-order valence-electron chi connectivity index (χ3n) is 12.4. The Hall–Kier alpha value is -2.37. The van der Waals surface area contributed by atoms with E-state index in [0.29, 0.717) is 19.3 Å². The number of esters is 3. The molecule has 374 valence electrons. The van der Waals surface area contributed by atoms with Crippen molar-refractivity contribution in [3.05, 3.63) is 36.5 Å². The molecule has 0 heterocycles. The van der Waals surface area contributed by atoms with Crippen LogP contribution in [-0.4, -0.2) is 37.2 Å². The number of carbonyl (C=O) groups excluding carboxylic acids is 3. The van der Waals surface area contributed by atoms with Crippen LogP contribution in [-0.2, 0) is 28.6 Å². The van der Waals surface area contributed by atoms with Crippen molar-refractivity contribution in [3.63, 3.8) is 0 Å². The van der Waals surface area contributed by atoms with Crippen LogP contribution in [0.3, 0.4) is 0 Å². The van der Waals surface area contributed by atoms with Crippen molar-refractivity contribution >= 4 is 17.9 Å². The first kappa shape index (κ1) is 61.6. The van der Waals surface area contributed by atoms with Crippen LogP contribution in [0.5, 0.6) is 0 Å². The summed E-state index contributed by atoms with van der Waals surface area (Å²) in [5.74, 6) is -0.881. The molecule has 0 aliphatic carbocycles. The second kappa shape index (κ2) is 53.2. The Balaban J connectivity index is 4.03. The van der Waals surface area contributed by atoms with Gasteiger partial charge < -0.3 is 14.2 Å². The summed E-state index contributed by atoms with van der Waals surface area (Å²) in [6.07, 6.45) is 63.2. The van der Waals surface area contributed by atoms with Gasteiger partial charge in [0.2, 0.25) is 0 Å². The molecule has 0 fully saturated rings. The summed E-state index contributed by atoms with van der Waals surface area (Å²) in [5.41, 5.74) is 0. The van der Waals surface area contributed by atoms with Crippen molar-refractivity contribution < 1.29 is 28.6 Å². The van der Waals surface area contributed by atoms with Gasteiger partial charge in [-0.15, -0.1) is 0 Å². The van der Waals surface area contributed by atoms with E-state index in [2.05, 4.69) is 57.2 Å². The number of unbranched alkanes of at least 4 members (excludes halogenated alkanes) is 34. The Morgan fingerprint density at radius 3 is 0.891 bits per heavy atom. The third-order valence-corrected chi connectivity index (χ3v) is 12.4. The molecule has 1 atom stereocenters. The lowest BCUT2D eigenvalue weighted by Gasteiger charge is -2.18. The Morgan fingerprint density at radius 1 is 0.312 bits per heavy atom. The van der Waals surface area contributed by atoms with Crippen LogP contribution in [0.2, 0.25) is 0 Å². The summed E-state index contributed by atoms with van der Waals surface area (Å²) >= 11 is 0. The fourth-order valence-corrected chi connectivity index (χ4v) is 8.12. The second-order valence-corrected chi connectivity index (χ2v) is 18.8. The zero-order valence-electron chi connectivity index (χ0n) is 42.8. The third kappa shape index (κ3) is 50.6. The molecular weight excluding hydrogens is 793 g/mol. The lowest BCUT2D eigenvalue weighted by atomic mass is 10.0. The maximum Gasteiger partial charge on any atom is 0.306 e. The van der Waals surface area contributed by atoms with Gasteiger partial charge in [-0.3, -0.25) is 14.4 Å². The van der Waals surface area contributed by atoms with E-state index in [9.17, 15) is 14.4 Å². The van der Waals surface area contributed by atoms with E-state index < -0.39 is 6.10 Å². The Kier molecular flexibility index (Phi) is 51.3. The second-order valence-electron chi connectivity index (χ2n) is 18.8. The number of carbonyl (C=O) groups is 3. The van der Waals surface area contributed by atoms with E-state index >= 15 is 0 Å². The molecule has 6 nitrogen and oxygen atoms in total. The molecule has 64 heavy (non-hydrogen) atoms. The Morgan fingerprint density at radius 2 is 0.562 bits per heavy atom. The van der Waals surface area contributed by atoms with Crippen LogP contribution < -0.4 is 0 Å². The van der Waals surface area contributed by atoms with Gasteiger partial charge in [-0.25, -0.2) is 0 Å². The van der Waals surface area contributed by atoms with Crippen molar-refractivity contribution in [2.75, 3.05) is 13.2 Å². The smallest absolute Gasteiger partial charge is 0.306 e. The standard InChI is InChI=1S/C58H106O6/c1-4-7-10-13-16-18-20-22-23-24-25-26-27-28-29-30-31-32-33-34-35-37-38-40-42-45-48-51-57(60)63-54-55(53-62-56(59)50-47-44-15-12-9-6-3)64-58(61)52-49-46-43-41-39-36-21-19-17-14-11-8-5-2/h19-22,24-25,55H,4-18,23,26-54H2,1-3H3/b21-19-,22-20-,25-24-. The molecule has 0 spiro atoms. The van der Waals surface area contributed by atoms with Crippen LogP contribution in [0, 0.1) is 0 Å². The summed E-state index contributed by atoms with van der Waals surface area (Å²) in [6, 6.07) is 0. The molecule has 0 aromatic rings. The quantitative estimate of drug-likeness (QED) is 0.0262. The molecule has 0 aromatic heterocycles.